The summed E-state index contributed by atoms with van der Waals surface area (Å²) in [5.41, 5.74) is 4.73. The van der Waals surface area contributed by atoms with Crippen molar-refractivity contribution >= 4 is 32.7 Å². The van der Waals surface area contributed by atoms with Gasteiger partial charge in [0.25, 0.3) is 0 Å². The fraction of sp³-hybridized carbons (Fsp3) is 0.273. The number of furan rings is 1. The fourth-order valence-corrected chi connectivity index (χ4v) is 3.48. The van der Waals surface area contributed by atoms with Crippen LogP contribution in [0.15, 0.2) is 52.9 Å². The molecule has 0 radical (unpaired) electrons. The number of benzene rings is 3. The predicted octanol–water partition coefficient (Wildman–Crippen LogP) is 6.99. The molecule has 3 aromatic carbocycles. The summed E-state index contributed by atoms with van der Waals surface area (Å²) < 4.78 is 6.29. The minimum Gasteiger partial charge on any atom is -0.455 e. The predicted molar refractivity (Wildman–Crippen MR) is 99.4 cm³/mol. The van der Waals surface area contributed by atoms with E-state index < -0.39 is 0 Å². The van der Waals surface area contributed by atoms with Crippen LogP contribution in [0.3, 0.4) is 0 Å². The van der Waals surface area contributed by atoms with Crippen LogP contribution < -0.4 is 0 Å². The Morgan fingerprint density at radius 2 is 1.43 bits per heavy atom. The number of fused-ring (bicyclic) bond motifs is 5. The highest BCUT2D eigenvalue weighted by molar-refractivity contribution is 6.16. The van der Waals surface area contributed by atoms with E-state index in [9.17, 15) is 0 Å². The monoisotopic (exact) mass is 302 g/mol. The molecule has 0 saturated heterocycles. The normalized spacial score (nSPS) is 12.3. The highest BCUT2D eigenvalue weighted by Gasteiger charge is 2.15. The van der Waals surface area contributed by atoms with Crippen LogP contribution in [0.4, 0.5) is 0 Å². The Bertz CT molecular complexity index is 1020. The van der Waals surface area contributed by atoms with Gasteiger partial charge in [-0.25, -0.2) is 0 Å². The summed E-state index contributed by atoms with van der Waals surface area (Å²) in [7, 11) is 0. The van der Waals surface area contributed by atoms with Crippen molar-refractivity contribution in [1.29, 1.82) is 0 Å². The molecule has 1 heteroatoms. The fourth-order valence-electron chi connectivity index (χ4n) is 3.48. The standard InChI is InChI=1S/C22H22O/c1-13(2)15-9-10-17-20-12-19(14(3)4)16-7-5-6-8-18(16)22(20)23-21(17)11-15/h5-14H,1-4H3. The maximum atomic E-state index is 6.29. The molecule has 23 heavy (non-hydrogen) atoms. The molecular weight excluding hydrogens is 280 g/mol. The van der Waals surface area contributed by atoms with E-state index >= 15 is 0 Å². The molecule has 0 amide bonds. The van der Waals surface area contributed by atoms with Crippen molar-refractivity contribution in [2.45, 2.75) is 39.5 Å². The van der Waals surface area contributed by atoms with Crippen LogP contribution in [0.25, 0.3) is 32.7 Å². The van der Waals surface area contributed by atoms with Crippen molar-refractivity contribution in [3.63, 3.8) is 0 Å². The Kier molecular flexibility index (Phi) is 3.19. The minimum atomic E-state index is 0.490. The van der Waals surface area contributed by atoms with Gasteiger partial charge in [0.1, 0.15) is 11.2 Å². The van der Waals surface area contributed by atoms with Gasteiger partial charge in [0, 0.05) is 16.2 Å². The summed E-state index contributed by atoms with van der Waals surface area (Å²) in [5, 5.41) is 4.98. The molecule has 1 aromatic heterocycles. The van der Waals surface area contributed by atoms with Crippen LogP contribution in [-0.2, 0) is 0 Å². The number of rotatable bonds is 2. The average molecular weight is 302 g/mol. The van der Waals surface area contributed by atoms with Crippen LogP contribution in [0, 0.1) is 0 Å². The lowest BCUT2D eigenvalue weighted by Crippen LogP contribution is -1.89. The first-order valence-electron chi connectivity index (χ1n) is 8.44. The zero-order valence-electron chi connectivity index (χ0n) is 14.2. The van der Waals surface area contributed by atoms with Crippen LogP contribution in [-0.4, -0.2) is 0 Å². The van der Waals surface area contributed by atoms with Gasteiger partial charge >= 0.3 is 0 Å². The van der Waals surface area contributed by atoms with E-state index in [2.05, 4.69) is 76.2 Å². The van der Waals surface area contributed by atoms with Gasteiger partial charge in [-0.2, -0.15) is 0 Å². The third kappa shape index (κ3) is 2.15. The summed E-state index contributed by atoms with van der Waals surface area (Å²) in [6.45, 7) is 8.95. The summed E-state index contributed by atoms with van der Waals surface area (Å²) in [6, 6.07) is 17.6. The molecule has 0 N–H and O–H groups in total. The molecule has 0 aliphatic carbocycles. The lowest BCUT2D eigenvalue weighted by molar-refractivity contribution is 0.670. The van der Waals surface area contributed by atoms with Gasteiger partial charge in [0.05, 0.1) is 0 Å². The molecular formula is C22H22O. The van der Waals surface area contributed by atoms with Gasteiger partial charge in [-0.15, -0.1) is 0 Å². The zero-order valence-corrected chi connectivity index (χ0v) is 14.2. The average Bonchev–Trinajstić information content (AvgIpc) is 2.91. The Balaban J connectivity index is 2.16. The molecule has 0 spiro atoms. The molecule has 0 atom stereocenters. The second kappa shape index (κ2) is 5.13. The van der Waals surface area contributed by atoms with E-state index in [0.717, 1.165) is 11.2 Å². The summed E-state index contributed by atoms with van der Waals surface area (Å²) >= 11 is 0. The highest BCUT2D eigenvalue weighted by Crippen LogP contribution is 2.38. The smallest absolute Gasteiger partial charge is 0.143 e. The van der Waals surface area contributed by atoms with E-state index in [4.69, 9.17) is 4.42 Å². The lowest BCUT2D eigenvalue weighted by Gasteiger charge is -2.10. The van der Waals surface area contributed by atoms with Crippen molar-refractivity contribution in [2.75, 3.05) is 0 Å². The first kappa shape index (κ1) is 14.3. The zero-order chi connectivity index (χ0) is 16.1. The number of hydrogen-bond acceptors (Lipinski definition) is 1. The third-order valence-electron chi connectivity index (χ3n) is 4.82. The van der Waals surface area contributed by atoms with Crippen LogP contribution in [0.5, 0.6) is 0 Å². The Hall–Kier alpha value is -2.28. The third-order valence-corrected chi connectivity index (χ3v) is 4.82. The van der Waals surface area contributed by atoms with Gasteiger partial charge < -0.3 is 4.42 Å². The molecule has 0 bridgehead atoms. The molecule has 0 fully saturated rings. The van der Waals surface area contributed by atoms with Crippen molar-refractivity contribution in [3.05, 3.63) is 59.7 Å². The SMILES string of the molecule is CC(C)c1ccc2c(c1)oc1c3ccccc3c(C(C)C)cc21. The highest BCUT2D eigenvalue weighted by atomic mass is 16.3. The molecule has 0 aliphatic rings. The van der Waals surface area contributed by atoms with Gasteiger partial charge in [0.15, 0.2) is 0 Å². The van der Waals surface area contributed by atoms with E-state index in [1.807, 2.05) is 0 Å². The molecule has 1 nitrogen and oxygen atoms in total. The van der Waals surface area contributed by atoms with Crippen molar-refractivity contribution in [3.8, 4) is 0 Å². The molecule has 0 aliphatic heterocycles. The maximum Gasteiger partial charge on any atom is 0.143 e. The summed E-state index contributed by atoms with van der Waals surface area (Å²) in [4.78, 5) is 0. The molecule has 1 heterocycles. The second-order valence-electron chi connectivity index (χ2n) is 7.06. The Labute approximate surface area is 136 Å². The van der Waals surface area contributed by atoms with Crippen molar-refractivity contribution < 1.29 is 4.42 Å². The van der Waals surface area contributed by atoms with E-state index in [1.54, 1.807) is 0 Å². The topological polar surface area (TPSA) is 13.1 Å². The molecule has 0 saturated carbocycles. The summed E-state index contributed by atoms with van der Waals surface area (Å²) in [5.74, 6) is 1.000. The van der Waals surface area contributed by atoms with E-state index in [1.165, 1.54) is 32.7 Å². The molecule has 4 aromatic rings. The van der Waals surface area contributed by atoms with Gasteiger partial charge in [-0.3, -0.25) is 0 Å². The van der Waals surface area contributed by atoms with Crippen LogP contribution in [0.2, 0.25) is 0 Å². The van der Waals surface area contributed by atoms with Gasteiger partial charge in [-0.1, -0.05) is 64.1 Å². The van der Waals surface area contributed by atoms with E-state index in [-0.39, 0.29) is 0 Å². The van der Waals surface area contributed by atoms with Crippen LogP contribution in [0.1, 0.15) is 50.7 Å². The van der Waals surface area contributed by atoms with E-state index in [0.29, 0.717) is 11.8 Å². The summed E-state index contributed by atoms with van der Waals surface area (Å²) in [6.07, 6.45) is 0. The molecule has 4 rings (SSSR count). The largest absolute Gasteiger partial charge is 0.455 e. The van der Waals surface area contributed by atoms with Gasteiger partial charge in [-0.05, 0) is 40.5 Å². The minimum absolute atomic E-state index is 0.490. The molecule has 0 unspecified atom stereocenters. The van der Waals surface area contributed by atoms with Crippen molar-refractivity contribution in [2.24, 2.45) is 0 Å². The van der Waals surface area contributed by atoms with Gasteiger partial charge in [0.2, 0.25) is 0 Å². The van der Waals surface area contributed by atoms with Crippen LogP contribution >= 0.6 is 0 Å². The second-order valence-corrected chi connectivity index (χ2v) is 7.06. The quantitative estimate of drug-likeness (QED) is 0.389. The Morgan fingerprint density at radius 1 is 0.696 bits per heavy atom. The first-order chi connectivity index (χ1) is 11.1. The Morgan fingerprint density at radius 3 is 2.13 bits per heavy atom. The lowest BCUT2D eigenvalue weighted by atomic mass is 9.93. The van der Waals surface area contributed by atoms with Crippen molar-refractivity contribution in [1.82, 2.24) is 0 Å². The maximum absolute atomic E-state index is 6.29. The molecule has 116 valence electrons. The number of hydrogen-bond donors (Lipinski definition) is 0. The first-order valence-corrected chi connectivity index (χ1v) is 8.44.